The predicted molar refractivity (Wildman–Crippen MR) is 72.7 cm³/mol. The molecule has 2 heterocycles. The zero-order chi connectivity index (χ0) is 12.4. The molecule has 0 saturated carbocycles. The third-order valence-corrected chi connectivity index (χ3v) is 4.05. The second-order valence-electron chi connectivity index (χ2n) is 4.70. The van der Waals surface area contributed by atoms with Crippen LogP contribution in [0.3, 0.4) is 0 Å². The summed E-state index contributed by atoms with van der Waals surface area (Å²) in [5.74, 6) is 8.17. The average molecular weight is 300 g/mol. The van der Waals surface area contributed by atoms with Crippen LogP contribution in [-0.2, 0) is 0 Å². The van der Waals surface area contributed by atoms with Crippen LogP contribution in [0.4, 0.5) is 11.8 Å². The van der Waals surface area contributed by atoms with Crippen LogP contribution in [0.5, 0.6) is 0 Å². The van der Waals surface area contributed by atoms with Gasteiger partial charge in [0.2, 0.25) is 5.95 Å². The number of halogens is 1. The van der Waals surface area contributed by atoms with E-state index >= 15 is 0 Å². The van der Waals surface area contributed by atoms with E-state index in [1.807, 2.05) is 0 Å². The molecule has 1 saturated heterocycles. The summed E-state index contributed by atoms with van der Waals surface area (Å²) in [6, 6.07) is 0. The second kappa shape index (κ2) is 5.18. The first kappa shape index (κ1) is 12.6. The number of anilines is 2. The van der Waals surface area contributed by atoms with Gasteiger partial charge in [-0.25, -0.2) is 10.8 Å². The lowest BCUT2D eigenvalue weighted by Gasteiger charge is -2.36. The summed E-state index contributed by atoms with van der Waals surface area (Å²) < 4.78 is 0.915. The fraction of sp³-hybridized carbons (Fsp3) is 0.636. The van der Waals surface area contributed by atoms with E-state index < -0.39 is 0 Å². The highest BCUT2D eigenvalue weighted by molar-refractivity contribution is 9.10. The summed E-state index contributed by atoms with van der Waals surface area (Å²) in [6.07, 6.45) is 2.93. The Hall–Kier alpha value is -0.880. The zero-order valence-corrected chi connectivity index (χ0v) is 11.7. The van der Waals surface area contributed by atoms with Crippen molar-refractivity contribution in [3.63, 3.8) is 0 Å². The van der Waals surface area contributed by atoms with E-state index in [0.717, 1.165) is 29.3 Å². The number of nitrogens with one attached hydrogen (secondary N) is 1. The van der Waals surface area contributed by atoms with Crippen molar-refractivity contribution in [2.45, 2.75) is 20.3 Å². The lowest BCUT2D eigenvalue weighted by molar-refractivity contribution is 0.322. The van der Waals surface area contributed by atoms with E-state index in [1.54, 1.807) is 6.20 Å². The topological polar surface area (TPSA) is 67.1 Å². The molecule has 0 radical (unpaired) electrons. The third-order valence-electron chi connectivity index (χ3n) is 3.49. The first-order valence-electron chi connectivity index (χ1n) is 5.86. The van der Waals surface area contributed by atoms with Gasteiger partial charge in [-0.05, 0) is 34.2 Å². The van der Waals surface area contributed by atoms with Gasteiger partial charge < -0.3 is 4.90 Å². The molecule has 2 rings (SSSR count). The van der Waals surface area contributed by atoms with Crippen molar-refractivity contribution < 1.29 is 0 Å². The predicted octanol–water partition coefficient (Wildman–Crippen LogP) is 2.01. The number of nitrogens with two attached hydrogens (primary N) is 1. The van der Waals surface area contributed by atoms with Crippen molar-refractivity contribution in [1.29, 1.82) is 0 Å². The van der Waals surface area contributed by atoms with Gasteiger partial charge in [-0.2, -0.15) is 4.98 Å². The largest absolute Gasteiger partial charge is 0.355 e. The van der Waals surface area contributed by atoms with Gasteiger partial charge in [-0.3, -0.25) is 5.43 Å². The smallest absolute Gasteiger partial charge is 0.239 e. The van der Waals surface area contributed by atoms with Crippen molar-refractivity contribution in [2.75, 3.05) is 23.4 Å². The van der Waals surface area contributed by atoms with Crippen LogP contribution in [0.1, 0.15) is 20.3 Å². The van der Waals surface area contributed by atoms with E-state index in [4.69, 9.17) is 5.84 Å². The van der Waals surface area contributed by atoms with E-state index in [-0.39, 0.29) is 0 Å². The lowest BCUT2D eigenvalue weighted by Crippen LogP contribution is -2.39. The van der Waals surface area contributed by atoms with E-state index in [9.17, 15) is 0 Å². The summed E-state index contributed by atoms with van der Waals surface area (Å²) in [4.78, 5) is 10.8. The number of nitrogen functional groups attached to an aromatic ring is 1. The molecule has 1 aromatic rings. The highest BCUT2D eigenvalue weighted by Crippen LogP contribution is 2.30. The molecule has 0 bridgehead atoms. The van der Waals surface area contributed by atoms with Gasteiger partial charge in [-0.15, -0.1) is 0 Å². The Bertz CT molecular complexity index is 397. The molecule has 2 atom stereocenters. The molecule has 3 N–H and O–H groups in total. The molecule has 1 aromatic heterocycles. The van der Waals surface area contributed by atoms with Crippen LogP contribution in [0.15, 0.2) is 10.7 Å². The highest BCUT2D eigenvalue weighted by atomic mass is 79.9. The van der Waals surface area contributed by atoms with Gasteiger partial charge in [-0.1, -0.05) is 13.8 Å². The van der Waals surface area contributed by atoms with Crippen LogP contribution in [0.25, 0.3) is 0 Å². The normalized spacial score (nSPS) is 24.8. The van der Waals surface area contributed by atoms with Gasteiger partial charge in [0.15, 0.2) is 0 Å². The van der Waals surface area contributed by atoms with E-state index in [2.05, 4.69) is 50.1 Å². The molecule has 17 heavy (non-hydrogen) atoms. The van der Waals surface area contributed by atoms with Crippen molar-refractivity contribution in [3.05, 3.63) is 10.7 Å². The molecule has 94 valence electrons. The molecule has 0 amide bonds. The molecule has 1 aliphatic rings. The fourth-order valence-corrected chi connectivity index (χ4v) is 2.55. The maximum atomic E-state index is 5.34. The summed E-state index contributed by atoms with van der Waals surface area (Å²) in [6.45, 7) is 6.66. The number of aromatic nitrogens is 2. The molecule has 6 heteroatoms. The maximum absolute atomic E-state index is 5.34. The van der Waals surface area contributed by atoms with Gasteiger partial charge in [0, 0.05) is 19.3 Å². The average Bonchev–Trinajstić information content (AvgIpc) is 2.33. The quantitative estimate of drug-likeness (QED) is 0.646. The standard InChI is InChI=1S/C11H18BrN5/c1-7-3-4-17(6-8(7)2)10-9(12)5-14-11(15-10)16-13/h5,7-8H,3-4,6,13H2,1-2H3,(H,14,15,16). The highest BCUT2D eigenvalue weighted by Gasteiger charge is 2.25. The molecule has 5 nitrogen and oxygen atoms in total. The van der Waals surface area contributed by atoms with Gasteiger partial charge >= 0.3 is 0 Å². The molecular weight excluding hydrogens is 282 g/mol. The third kappa shape index (κ3) is 2.69. The van der Waals surface area contributed by atoms with Gasteiger partial charge in [0.25, 0.3) is 0 Å². The number of hydrogen-bond donors (Lipinski definition) is 2. The molecule has 0 spiro atoms. The minimum atomic E-state index is 0.453. The summed E-state index contributed by atoms with van der Waals surface area (Å²) in [5, 5.41) is 0. The minimum absolute atomic E-state index is 0.453. The molecule has 0 aliphatic carbocycles. The van der Waals surface area contributed by atoms with Crippen molar-refractivity contribution in [3.8, 4) is 0 Å². The van der Waals surface area contributed by atoms with Crippen LogP contribution < -0.4 is 16.2 Å². The SMILES string of the molecule is CC1CCN(c2nc(NN)ncc2Br)CC1C. The van der Waals surface area contributed by atoms with Crippen molar-refractivity contribution >= 4 is 27.7 Å². The fourth-order valence-electron chi connectivity index (χ4n) is 2.10. The first-order valence-corrected chi connectivity index (χ1v) is 6.65. The van der Waals surface area contributed by atoms with Crippen LogP contribution in [0.2, 0.25) is 0 Å². The molecular formula is C11H18BrN5. The Balaban J connectivity index is 2.21. The molecule has 1 fully saturated rings. The Morgan fingerprint density at radius 3 is 2.88 bits per heavy atom. The summed E-state index contributed by atoms with van der Waals surface area (Å²) >= 11 is 3.49. The van der Waals surface area contributed by atoms with Gasteiger partial charge in [0.05, 0.1) is 4.47 Å². The number of hydrogen-bond acceptors (Lipinski definition) is 5. The number of nitrogens with zero attached hydrogens (tertiary/aromatic N) is 3. The van der Waals surface area contributed by atoms with E-state index in [1.165, 1.54) is 6.42 Å². The van der Waals surface area contributed by atoms with Gasteiger partial charge in [0.1, 0.15) is 5.82 Å². The maximum Gasteiger partial charge on any atom is 0.239 e. The van der Waals surface area contributed by atoms with Crippen LogP contribution in [0, 0.1) is 11.8 Å². The molecule has 1 aliphatic heterocycles. The summed E-state index contributed by atoms with van der Waals surface area (Å²) in [5.41, 5.74) is 2.48. The number of hydrazine groups is 1. The van der Waals surface area contributed by atoms with Crippen LogP contribution >= 0.6 is 15.9 Å². The Labute approximate surface area is 110 Å². The molecule has 2 unspecified atom stereocenters. The Morgan fingerprint density at radius 2 is 2.24 bits per heavy atom. The van der Waals surface area contributed by atoms with E-state index in [0.29, 0.717) is 11.9 Å². The number of piperidine rings is 1. The Morgan fingerprint density at radius 1 is 1.47 bits per heavy atom. The monoisotopic (exact) mass is 299 g/mol. The van der Waals surface area contributed by atoms with Crippen molar-refractivity contribution in [1.82, 2.24) is 9.97 Å². The first-order chi connectivity index (χ1) is 8.11. The minimum Gasteiger partial charge on any atom is -0.355 e. The van der Waals surface area contributed by atoms with Crippen LogP contribution in [-0.4, -0.2) is 23.1 Å². The zero-order valence-electron chi connectivity index (χ0n) is 10.2. The van der Waals surface area contributed by atoms with Crippen molar-refractivity contribution in [2.24, 2.45) is 17.7 Å². The molecule has 0 aromatic carbocycles. The number of rotatable bonds is 2. The lowest BCUT2D eigenvalue weighted by atomic mass is 9.89. The Kier molecular flexibility index (Phi) is 3.83. The summed E-state index contributed by atoms with van der Waals surface area (Å²) in [7, 11) is 0. The second-order valence-corrected chi connectivity index (χ2v) is 5.55.